The number of nitrogens with two attached hydrogens (primary N) is 1. The molecule has 86 valence electrons. The van der Waals surface area contributed by atoms with E-state index in [4.69, 9.17) is 28.9 Å². The zero-order valence-electron chi connectivity index (χ0n) is 8.78. The normalized spacial score (nSPS) is 10.2. The van der Waals surface area contributed by atoms with Crippen LogP contribution in [0.3, 0.4) is 0 Å². The van der Waals surface area contributed by atoms with Crippen molar-refractivity contribution in [3.8, 4) is 11.1 Å². The molecule has 0 saturated carbocycles. The van der Waals surface area contributed by atoms with Crippen LogP contribution in [0.1, 0.15) is 10.4 Å². The van der Waals surface area contributed by atoms with Gasteiger partial charge in [0, 0.05) is 16.8 Å². The van der Waals surface area contributed by atoms with Crippen LogP contribution in [0.25, 0.3) is 11.1 Å². The van der Waals surface area contributed by atoms with Gasteiger partial charge >= 0.3 is 0 Å². The summed E-state index contributed by atoms with van der Waals surface area (Å²) >= 11 is 12.1. The summed E-state index contributed by atoms with van der Waals surface area (Å²) in [7, 11) is 0. The molecule has 0 aliphatic heterocycles. The Balaban J connectivity index is 2.55. The van der Waals surface area contributed by atoms with Gasteiger partial charge < -0.3 is 5.73 Å². The summed E-state index contributed by atoms with van der Waals surface area (Å²) < 4.78 is 0. The van der Waals surface area contributed by atoms with Gasteiger partial charge in [-0.15, -0.1) is 0 Å². The van der Waals surface area contributed by atoms with Crippen LogP contribution in [0, 0.1) is 0 Å². The minimum atomic E-state index is 0.418. The number of nitrogen functional groups attached to an aromatic ring is 1. The van der Waals surface area contributed by atoms with Crippen molar-refractivity contribution in [2.75, 3.05) is 5.73 Å². The van der Waals surface area contributed by atoms with E-state index in [1.54, 1.807) is 36.4 Å². The fourth-order valence-corrected chi connectivity index (χ4v) is 2.01. The third kappa shape index (κ3) is 2.43. The molecule has 0 fully saturated rings. The van der Waals surface area contributed by atoms with Crippen molar-refractivity contribution in [1.82, 2.24) is 0 Å². The Morgan fingerprint density at radius 2 is 1.71 bits per heavy atom. The molecule has 2 aromatic rings. The third-order valence-electron chi connectivity index (χ3n) is 2.41. The van der Waals surface area contributed by atoms with Crippen LogP contribution in [-0.4, -0.2) is 6.29 Å². The van der Waals surface area contributed by atoms with E-state index in [0.29, 0.717) is 21.3 Å². The maximum absolute atomic E-state index is 10.6. The van der Waals surface area contributed by atoms with E-state index in [1.807, 2.05) is 0 Å². The second-order valence-corrected chi connectivity index (χ2v) is 4.39. The number of hydrogen-bond donors (Lipinski definition) is 1. The number of aldehydes is 1. The summed E-state index contributed by atoms with van der Waals surface area (Å²) in [6.07, 6.45) is 0.789. The van der Waals surface area contributed by atoms with Crippen molar-refractivity contribution in [1.29, 1.82) is 0 Å². The van der Waals surface area contributed by atoms with Gasteiger partial charge in [-0.1, -0.05) is 47.5 Å². The molecule has 0 aromatic heterocycles. The lowest BCUT2D eigenvalue weighted by Gasteiger charge is -2.08. The summed E-state index contributed by atoms with van der Waals surface area (Å²) in [6.45, 7) is 0. The number of benzene rings is 2. The highest BCUT2D eigenvalue weighted by molar-refractivity contribution is 6.44. The molecule has 0 amide bonds. The lowest BCUT2D eigenvalue weighted by Crippen LogP contribution is -1.88. The molecule has 4 heteroatoms. The molecule has 2 rings (SSSR count). The molecule has 0 unspecified atom stereocenters. The number of halogens is 2. The number of anilines is 1. The molecule has 0 spiro atoms. The first-order chi connectivity index (χ1) is 8.11. The van der Waals surface area contributed by atoms with Gasteiger partial charge in [0.25, 0.3) is 0 Å². The van der Waals surface area contributed by atoms with E-state index in [0.717, 1.165) is 17.4 Å². The summed E-state index contributed by atoms with van der Waals surface area (Å²) in [6, 6.07) is 10.4. The van der Waals surface area contributed by atoms with Crippen LogP contribution in [-0.2, 0) is 0 Å². The van der Waals surface area contributed by atoms with Gasteiger partial charge in [-0.05, 0) is 17.7 Å². The van der Waals surface area contributed by atoms with Gasteiger partial charge in [-0.3, -0.25) is 4.79 Å². The minimum absolute atomic E-state index is 0.418. The summed E-state index contributed by atoms with van der Waals surface area (Å²) in [5.74, 6) is 0. The predicted octanol–water partition coefficient (Wildman–Crippen LogP) is 4.06. The Morgan fingerprint density at radius 3 is 2.29 bits per heavy atom. The zero-order valence-corrected chi connectivity index (χ0v) is 10.3. The molecular weight excluding hydrogens is 257 g/mol. The van der Waals surface area contributed by atoms with Gasteiger partial charge in [-0.25, -0.2) is 0 Å². The molecular formula is C13H9Cl2NO. The summed E-state index contributed by atoms with van der Waals surface area (Å²) in [4.78, 5) is 10.6. The van der Waals surface area contributed by atoms with Crippen molar-refractivity contribution in [3.05, 3.63) is 52.0 Å². The van der Waals surface area contributed by atoms with Crippen molar-refractivity contribution in [2.45, 2.75) is 0 Å². The van der Waals surface area contributed by atoms with Gasteiger partial charge in [-0.2, -0.15) is 0 Å². The Morgan fingerprint density at radius 1 is 1.06 bits per heavy atom. The first kappa shape index (κ1) is 12.0. The minimum Gasteiger partial charge on any atom is -0.399 e. The Kier molecular flexibility index (Phi) is 3.36. The molecule has 0 heterocycles. The smallest absolute Gasteiger partial charge is 0.150 e. The van der Waals surface area contributed by atoms with Crippen LogP contribution >= 0.6 is 23.2 Å². The molecule has 2 nitrogen and oxygen atoms in total. The zero-order chi connectivity index (χ0) is 12.4. The van der Waals surface area contributed by atoms with Gasteiger partial charge in [0.1, 0.15) is 6.29 Å². The van der Waals surface area contributed by atoms with Crippen LogP contribution < -0.4 is 5.73 Å². The van der Waals surface area contributed by atoms with E-state index in [-0.39, 0.29) is 0 Å². The predicted molar refractivity (Wildman–Crippen MR) is 71.7 cm³/mol. The van der Waals surface area contributed by atoms with Crippen molar-refractivity contribution in [3.63, 3.8) is 0 Å². The van der Waals surface area contributed by atoms with Gasteiger partial charge in [0.05, 0.1) is 10.0 Å². The summed E-state index contributed by atoms with van der Waals surface area (Å²) in [5.41, 5.74) is 8.51. The van der Waals surface area contributed by atoms with Crippen molar-refractivity contribution < 1.29 is 4.79 Å². The largest absolute Gasteiger partial charge is 0.399 e. The van der Waals surface area contributed by atoms with Gasteiger partial charge in [0.2, 0.25) is 0 Å². The molecule has 0 saturated heterocycles. The Bertz CT molecular complexity index is 564. The molecule has 0 radical (unpaired) electrons. The van der Waals surface area contributed by atoms with E-state index in [9.17, 15) is 4.79 Å². The van der Waals surface area contributed by atoms with Crippen LogP contribution in [0.5, 0.6) is 0 Å². The first-order valence-electron chi connectivity index (χ1n) is 4.92. The standard InChI is InChI=1S/C13H9Cl2NO/c14-12-6-10(16)5-11(13(12)15)9-3-1-8(7-17)2-4-9/h1-7H,16H2. The Hall–Kier alpha value is -1.51. The van der Waals surface area contributed by atoms with E-state index in [1.165, 1.54) is 0 Å². The lowest BCUT2D eigenvalue weighted by atomic mass is 10.0. The number of carbonyl (C=O) groups excluding carboxylic acids is 1. The first-order valence-corrected chi connectivity index (χ1v) is 5.67. The third-order valence-corrected chi connectivity index (χ3v) is 3.21. The fraction of sp³-hybridized carbons (Fsp3) is 0. The number of rotatable bonds is 2. The highest BCUT2D eigenvalue weighted by Crippen LogP contribution is 2.35. The molecule has 17 heavy (non-hydrogen) atoms. The highest BCUT2D eigenvalue weighted by atomic mass is 35.5. The molecule has 0 aliphatic carbocycles. The quantitative estimate of drug-likeness (QED) is 0.658. The van der Waals surface area contributed by atoms with Gasteiger partial charge in [0.15, 0.2) is 0 Å². The molecule has 0 bridgehead atoms. The number of hydrogen-bond acceptors (Lipinski definition) is 2. The SMILES string of the molecule is Nc1cc(Cl)c(Cl)c(-c2ccc(C=O)cc2)c1. The molecule has 2 N–H and O–H groups in total. The second kappa shape index (κ2) is 4.78. The molecule has 0 atom stereocenters. The van der Waals surface area contributed by atoms with Crippen LogP contribution in [0.2, 0.25) is 10.0 Å². The van der Waals surface area contributed by atoms with E-state index < -0.39 is 0 Å². The Labute approximate surface area is 109 Å². The highest BCUT2D eigenvalue weighted by Gasteiger charge is 2.08. The van der Waals surface area contributed by atoms with E-state index >= 15 is 0 Å². The maximum atomic E-state index is 10.6. The summed E-state index contributed by atoms with van der Waals surface area (Å²) in [5, 5.41) is 0.876. The second-order valence-electron chi connectivity index (χ2n) is 3.60. The molecule has 0 aliphatic rings. The number of carbonyl (C=O) groups is 1. The average molecular weight is 266 g/mol. The van der Waals surface area contributed by atoms with Crippen LogP contribution in [0.15, 0.2) is 36.4 Å². The lowest BCUT2D eigenvalue weighted by molar-refractivity contribution is 0.112. The fourth-order valence-electron chi connectivity index (χ4n) is 1.56. The van der Waals surface area contributed by atoms with Crippen molar-refractivity contribution >= 4 is 35.2 Å². The average Bonchev–Trinajstić information content (AvgIpc) is 2.34. The topological polar surface area (TPSA) is 43.1 Å². The molecule has 2 aromatic carbocycles. The van der Waals surface area contributed by atoms with E-state index in [2.05, 4.69) is 0 Å². The van der Waals surface area contributed by atoms with Crippen molar-refractivity contribution in [2.24, 2.45) is 0 Å². The van der Waals surface area contributed by atoms with Crippen LogP contribution in [0.4, 0.5) is 5.69 Å². The monoisotopic (exact) mass is 265 g/mol. The maximum Gasteiger partial charge on any atom is 0.150 e.